The third-order valence-electron chi connectivity index (χ3n) is 7.69. The van der Waals surface area contributed by atoms with Gasteiger partial charge in [-0.3, -0.25) is 0 Å². The molecule has 1 aliphatic heterocycles. The molecule has 5 nitrogen and oxygen atoms in total. The second kappa shape index (κ2) is 8.05. The predicted octanol–water partition coefficient (Wildman–Crippen LogP) is 5.52. The van der Waals surface area contributed by atoms with Gasteiger partial charge in [-0.25, -0.2) is 21.6 Å². The van der Waals surface area contributed by atoms with Gasteiger partial charge in [0.1, 0.15) is 16.3 Å². The Balaban J connectivity index is 1.84. The summed E-state index contributed by atoms with van der Waals surface area (Å²) in [7, 11) is -1.03. The molecular formula is C22H30BrF3N2O3S. The minimum atomic E-state index is -3.96. The van der Waals surface area contributed by atoms with Crippen LogP contribution in [0.3, 0.4) is 0 Å². The first kappa shape index (κ1) is 24.1. The zero-order chi connectivity index (χ0) is 23.5. The molecule has 2 bridgehead atoms. The summed E-state index contributed by atoms with van der Waals surface area (Å²) in [5.74, 6) is -2.51. The van der Waals surface area contributed by atoms with Crippen LogP contribution in [-0.4, -0.2) is 56.6 Å². The van der Waals surface area contributed by atoms with Gasteiger partial charge in [0.05, 0.1) is 17.3 Å². The van der Waals surface area contributed by atoms with Crippen molar-refractivity contribution < 1.29 is 26.3 Å². The number of fused-ring (bicyclic) bond motifs is 4. The molecule has 1 atom stereocenters. The van der Waals surface area contributed by atoms with Crippen molar-refractivity contribution in [1.82, 2.24) is 4.31 Å². The zero-order valence-electron chi connectivity index (χ0n) is 18.6. The molecule has 10 heteroatoms. The molecule has 0 aromatic heterocycles. The Kier molecular flexibility index (Phi) is 6.07. The van der Waals surface area contributed by atoms with Crippen LogP contribution >= 0.6 is 15.9 Å². The molecule has 3 aliphatic carbocycles. The molecule has 0 spiro atoms. The molecule has 0 radical (unpaired) electrons. The van der Waals surface area contributed by atoms with Gasteiger partial charge in [-0.1, -0.05) is 0 Å². The quantitative estimate of drug-likeness (QED) is 0.495. The van der Waals surface area contributed by atoms with Crippen molar-refractivity contribution in [3.05, 3.63) is 16.6 Å². The molecule has 32 heavy (non-hydrogen) atoms. The molecule has 1 aromatic rings. The minimum absolute atomic E-state index is 0.0329. The number of likely N-dealkylation sites (N-methyl/N-ethyl adjacent to an activating group) is 1. The fraction of sp³-hybridized carbons (Fsp3) is 0.727. The van der Waals surface area contributed by atoms with Gasteiger partial charge in [0.15, 0.2) is 0 Å². The third kappa shape index (κ3) is 4.15. The Hall–Kier alpha value is -1.00. The maximum absolute atomic E-state index is 14.9. The van der Waals surface area contributed by atoms with Gasteiger partial charge < -0.3 is 9.64 Å². The van der Waals surface area contributed by atoms with Crippen LogP contribution in [-0.2, 0) is 10.0 Å². The molecule has 0 unspecified atom stereocenters. The van der Waals surface area contributed by atoms with Crippen LogP contribution in [0.4, 0.5) is 18.9 Å². The number of sulfonamides is 1. The lowest BCUT2D eigenvalue weighted by atomic mass is 9.63. The Morgan fingerprint density at radius 2 is 1.78 bits per heavy atom. The fourth-order valence-corrected chi connectivity index (χ4v) is 7.60. The molecule has 0 saturated heterocycles. The highest BCUT2D eigenvalue weighted by molar-refractivity contribution is 9.10. The molecule has 4 aliphatic rings. The van der Waals surface area contributed by atoms with E-state index in [1.54, 1.807) is 6.07 Å². The third-order valence-corrected chi connectivity index (χ3v) is 10.3. The second-order valence-corrected chi connectivity index (χ2v) is 12.5. The second-order valence-electron chi connectivity index (χ2n) is 9.72. The van der Waals surface area contributed by atoms with Crippen LogP contribution in [0, 0.1) is 0 Å². The minimum Gasteiger partial charge on any atom is -0.496 e. The summed E-state index contributed by atoms with van der Waals surface area (Å²) < 4.78 is 76.7. The smallest absolute Gasteiger partial charge is 0.245 e. The number of benzene rings is 1. The topological polar surface area (TPSA) is 49.9 Å². The number of methoxy groups -OCH3 is 1. The Morgan fingerprint density at radius 3 is 2.31 bits per heavy atom. The molecule has 1 aromatic carbocycles. The summed E-state index contributed by atoms with van der Waals surface area (Å²) in [5, 5.41) is 0. The highest BCUT2D eigenvalue weighted by Gasteiger charge is 2.54. The maximum atomic E-state index is 14.9. The van der Waals surface area contributed by atoms with Gasteiger partial charge in [-0.15, -0.1) is 0 Å². The van der Waals surface area contributed by atoms with Crippen LogP contribution in [0.25, 0.3) is 0 Å². The number of rotatable bonds is 5. The van der Waals surface area contributed by atoms with Crippen molar-refractivity contribution in [3.8, 4) is 5.75 Å². The average molecular weight is 539 g/mol. The lowest BCUT2D eigenvalue weighted by Gasteiger charge is -2.56. The van der Waals surface area contributed by atoms with Crippen molar-refractivity contribution in [2.45, 2.75) is 86.4 Å². The van der Waals surface area contributed by atoms with E-state index < -0.39 is 34.1 Å². The van der Waals surface area contributed by atoms with E-state index in [4.69, 9.17) is 4.74 Å². The van der Waals surface area contributed by atoms with Crippen molar-refractivity contribution in [1.29, 1.82) is 0 Å². The van der Waals surface area contributed by atoms with E-state index in [1.807, 2.05) is 0 Å². The first-order chi connectivity index (χ1) is 14.8. The molecule has 5 rings (SSSR count). The maximum Gasteiger partial charge on any atom is 0.245 e. The van der Waals surface area contributed by atoms with E-state index in [9.17, 15) is 21.6 Å². The van der Waals surface area contributed by atoms with Crippen LogP contribution in [0.2, 0.25) is 0 Å². The Labute approximate surface area is 196 Å². The van der Waals surface area contributed by atoms with Gasteiger partial charge in [0.25, 0.3) is 0 Å². The normalized spacial score (nSPS) is 32.5. The highest BCUT2D eigenvalue weighted by Crippen LogP contribution is 2.54. The number of hydrogen-bond acceptors (Lipinski definition) is 4. The van der Waals surface area contributed by atoms with E-state index in [2.05, 4.69) is 20.8 Å². The van der Waals surface area contributed by atoms with Crippen molar-refractivity contribution in [3.63, 3.8) is 0 Å². The van der Waals surface area contributed by atoms with Crippen molar-refractivity contribution in [2.24, 2.45) is 0 Å². The van der Waals surface area contributed by atoms with Gasteiger partial charge in [0.2, 0.25) is 15.9 Å². The number of nitrogens with zero attached hydrogens (tertiary/aromatic N) is 2. The van der Waals surface area contributed by atoms with E-state index >= 15 is 0 Å². The summed E-state index contributed by atoms with van der Waals surface area (Å²) in [6, 6.07) is 2.62. The summed E-state index contributed by atoms with van der Waals surface area (Å²) in [5.41, 5.74) is -0.989. The first-order valence-electron chi connectivity index (χ1n) is 11.0. The molecule has 1 heterocycles. The average Bonchev–Trinajstić information content (AvgIpc) is 2.80. The lowest BCUT2D eigenvalue weighted by molar-refractivity contribution is -0.00103. The van der Waals surface area contributed by atoms with Crippen molar-refractivity contribution in [2.75, 3.05) is 25.6 Å². The Morgan fingerprint density at radius 1 is 1.19 bits per heavy atom. The number of ether oxygens (including phenoxy) is 1. The van der Waals surface area contributed by atoms with Crippen LogP contribution in [0.5, 0.6) is 5.75 Å². The Bertz CT molecular complexity index is 974. The first-order valence-corrected chi connectivity index (χ1v) is 13.2. The van der Waals surface area contributed by atoms with Gasteiger partial charge in [-0.2, -0.15) is 4.31 Å². The summed E-state index contributed by atoms with van der Waals surface area (Å²) in [4.78, 5) is 2.19. The van der Waals surface area contributed by atoms with Crippen LogP contribution in [0.15, 0.2) is 21.5 Å². The predicted molar refractivity (Wildman–Crippen MR) is 121 cm³/mol. The van der Waals surface area contributed by atoms with E-state index in [1.165, 1.54) is 24.5 Å². The molecule has 3 fully saturated rings. The van der Waals surface area contributed by atoms with E-state index in [0.717, 1.165) is 6.92 Å². The van der Waals surface area contributed by atoms with E-state index in [-0.39, 0.29) is 23.4 Å². The summed E-state index contributed by atoms with van der Waals surface area (Å²) in [6.07, 6.45) is 2.80. The standard InChI is InChI=1S/C22H30BrF3N2O3S/c1-20(24,25)5-4-15-14-28(22-9-6-21(26,7-10-22)8-11-22)17-12-16(23)18(31-3)13-19(17)32(29,30)27(15)2/h12-13,15H,4-11,14H2,1-3H3/t15-,21?,22?/m1/s1. The zero-order valence-corrected chi connectivity index (χ0v) is 21.0. The number of anilines is 1. The molecule has 0 amide bonds. The van der Waals surface area contributed by atoms with E-state index in [0.29, 0.717) is 54.4 Å². The van der Waals surface area contributed by atoms with Crippen LogP contribution in [0.1, 0.15) is 58.3 Å². The van der Waals surface area contributed by atoms with Gasteiger partial charge in [0, 0.05) is 37.7 Å². The molecule has 180 valence electrons. The lowest BCUT2D eigenvalue weighted by Crippen LogP contribution is -2.60. The van der Waals surface area contributed by atoms with Crippen LogP contribution < -0.4 is 9.64 Å². The summed E-state index contributed by atoms with van der Waals surface area (Å²) >= 11 is 3.48. The molecule has 0 N–H and O–H groups in total. The number of hydrogen-bond donors (Lipinski definition) is 0. The summed E-state index contributed by atoms with van der Waals surface area (Å²) in [6.45, 7) is 1.14. The largest absolute Gasteiger partial charge is 0.496 e. The van der Waals surface area contributed by atoms with Crippen molar-refractivity contribution >= 4 is 31.6 Å². The monoisotopic (exact) mass is 538 g/mol. The number of alkyl halides is 3. The van der Waals surface area contributed by atoms with Gasteiger partial charge >= 0.3 is 0 Å². The fourth-order valence-electron chi connectivity index (χ4n) is 5.54. The number of halogens is 4. The molecule has 3 saturated carbocycles. The molecular weight excluding hydrogens is 509 g/mol. The van der Waals surface area contributed by atoms with Gasteiger partial charge in [-0.05, 0) is 73.9 Å². The SMILES string of the molecule is COc1cc2c(cc1Br)N(C13CCC(F)(CC1)CC3)C[C@@H](CCC(C)(F)F)N(C)S2(=O)=O. The highest BCUT2D eigenvalue weighted by atomic mass is 79.9.